The second kappa shape index (κ2) is 5.17. The van der Waals surface area contributed by atoms with Crippen LogP contribution in [0.2, 0.25) is 0 Å². The van der Waals surface area contributed by atoms with E-state index < -0.39 is 0 Å². The molecule has 0 unspecified atom stereocenters. The molecule has 0 saturated carbocycles. The molecule has 0 N–H and O–H groups in total. The zero-order valence-corrected chi connectivity index (χ0v) is 12.0. The average Bonchev–Trinajstić information content (AvgIpc) is 2.86. The van der Waals surface area contributed by atoms with E-state index in [1.807, 2.05) is 18.2 Å². The van der Waals surface area contributed by atoms with Crippen LogP contribution in [-0.4, -0.2) is 15.4 Å². The van der Waals surface area contributed by atoms with Crippen LogP contribution >= 0.6 is 15.9 Å². The van der Waals surface area contributed by atoms with E-state index in [0.29, 0.717) is 10.0 Å². The van der Waals surface area contributed by atoms with Crippen molar-refractivity contribution in [3.63, 3.8) is 0 Å². The summed E-state index contributed by atoms with van der Waals surface area (Å²) < 4.78 is 15.3. The van der Waals surface area contributed by atoms with E-state index >= 15 is 0 Å². The topological polar surface area (TPSA) is 34.4 Å². The second-order valence-electron chi connectivity index (χ2n) is 4.42. The van der Waals surface area contributed by atoms with Gasteiger partial charge in [0.1, 0.15) is 5.82 Å². The Morgan fingerprint density at radius 1 is 1.30 bits per heavy atom. The summed E-state index contributed by atoms with van der Waals surface area (Å²) >= 11 is 3.28. The van der Waals surface area contributed by atoms with E-state index in [9.17, 15) is 9.18 Å². The molecule has 0 spiro atoms. The van der Waals surface area contributed by atoms with Crippen LogP contribution in [0.15, 0.2) is 53.3 Å². The van der Waals surface area contributed by atoms with E-state index in [0.717, 1.165) is 11.1 Å². The molecule has 1 aromatic carbocycles. The number of aromatic nitrogens is 2. The molecule has 100 valence electrons. The first-order valence-electron chi connectivity index (χ1n) is 6.04. The molecule has 0 bridgehead atoms. The molecule has 0 radical (unpaired) electrons. The van der Waals surface area contributed by atoms with Crippen molar-refractivity contribution in [3.8, 4) is 0 Å². The Hall–Kier alpha value is -2.01. The summed E-state index contributed by atoms with van der Waals surface area (Å²) in [6.45, 7) is 0. The number of Topliss-reactive ketones (excluding diaryl/α,β-unsaturated/α-hetero) is 1. The Labute approximate surface area is 123 Å². The van der Waals surface area contributed by atoms with Gasteiger partial charge in [0.25, 0.3) is 0 Å². The van der Waals surface area contributed by atoms with Gasteiger partial charge in [0.2, 0.25) is 0 Å². The fraction of sp³-hybridized carbons (Fsp3) is 0.0667. The molecule has 3 nitrogen and oxygen atoms in total. The van der Waals surface area contributed by atoms with Gasteiger partial charge in [0, 0.05) is 17.1 Å². The lowest BCUT2D eigenvalue weighted by atomic mass is 10.0. The van der Waals surface area contributed by atoms with Crippen LogP contribution in [0.3, 0.4) is 0 Å². The molecule has 5 heteroatoms. The number of carbonyl (C=O) groups excluding carboxylic acids is 1. The summed E-state index contributed by atoms with van der Waals surface area (Å²) in [5.74, 6) is -0.373. The van der Waals surface area contributed by atoms with E-state index in [1.54, 1.807) is 23.0 Å². The van der Waals surface area contributed by atoms with Gasteiger partial charge >= 0.3 is 0 Å². The van der Waals surface area contributed by atoms with E-state index in [1.165, 1.54) is 12.1 Å². The third-order valence-electron chi connectivity index (χ3n) is 3.09. The number of pyridine rings is 1. The molecule has 20 heavy (non-hydrogen) atoms. The van der Waals surface area contributed by atoms with Crippen LogP contribution < -0.4 is 0 Å². The molecule has 0 aliphatic carbocycles. The molecular formula is C15H10BrFN2O. The lowest BCUT2D eigenvalue weighted by Crippen LogP contribution is -2.04. The summed E-state index contributed by atoms with van der Waals surface area (Å²) in [5, 5.41) is 4.14. The van der Waals surface area contributed by atoms with Crippen LogP contribution in [-0.2, 0) is 6.42 Å². The third kappa shape index (κ3) is 2.36. The highest BCUT2D eigenvalue weighted by molar-refractivity contribution is 9.10. The molecule has 3 aromatic rings. The molecule has 0 fully saturated rings. The van der Waals surface area contributed by atoms with E-state index in [4.69, 9.17) is 0 Å². The summed E-state index contributed by atoms with van der Waals surface area (Å²) in [5.41, 5.74) is 2.10. The lowest BCUT2D eigenvalue weighted by Gasteiger charge is -2.03. The van der Waals surface area contributed by atoms with Gasteiger partial charge in [0.15, 0.2) is 5.78 Å². The third-order valence-corrected chi connectivity index (χ3v) is 3.83. The zero-order valence-electron chi connectivity index (χ0n) is 10.4. The zero-order chi connectivity index (χ0) is 14.1. The maximum Gasteiger partial charge on any atom is 0.171 e. The summed E-state index contributed by atoms with van der Waals surface area (Å²) in [6, 6.07) is 9.89. The molecule has 2 aromatic heterocycles. The fourth-order valence-electron chi connectivity index (χ4n) is 2.08. The average molecular weight is 333 g/mol. The largest absolute Gasteiger partial charge is 0.294 e. The van der Waals surface area contributed by atoms with Gasteiger partial charge in [-0.3, -0.25) is 4.79 Å². The van der Waals surface area contributed by atoms with Crippen LogP contribution in [0.25, 0.3) is 5.52 Å². The highest BCUT2D eigenvalue weighted by Crippen LogP contribution is 2.21. The predicted octanol–water partition coefficient (Wildman–Crippen LogP) is 3.66. The van der Waals surface area contributed by atoms with Crippen molar-refractivity contribution < 1.29 is 9.18 Å². The van der Waals surface area contributed by atoms with Gasteiger partial charge in [-0.2, -0.15) is 5.10 Å². The highest BCUT2D eigenvalue weighted by Gasteiger charge is 2.14. The monoisotopic (exact) mass is 332 g/mol. The molecule has 0 aliphatic rings. The SMILES string of the molecule is O=C(Cc1ccc(F)cc1Br)c1cnn2ccccc12. The van der Waals surface area contributed by atoms with Gasteiger partial charge in [-0.1, -0.05) is 28.1 Å². The first-order chi connectivity index (χ1) is 9.65. The van der Waals surface area contributed by atoms with Crippen molar-refractivity contribution in [2.45, 2.75) is 6.42 Å². The number of halogens is 2. The van der Waals surface area contributed by atoms with Crippen molar-refractivity contribution >= 4 is 27.2 Å². The van der Waals surface area contributed by atoms with Gasteiger partial charge in [-0.05, 0) is 29.8 Å². The van der Waals surface area contributed by atoms with Crippen molar-refractivity contribution in [2.75, 3.05) is 0 Å². The molecular weight excluding hydrogens is 323 g/mol. The molecule has 0 atom stereocenters. The molecule has 0 saturated heterocycles. The number of rotatable bonds is 3. The van der Waals surface area contributed by atoms with Gasteiger partial charge in [-0.25, -0.2) is 8.91 Å². The van der Waals surface area contributed by atoms with E-state index in [-0.39, 0.29) is 18.0 Å². The molecule has 3 rings (SSSR count). The first-order valence-corrected chi connectivity index (χ1v) is 6.84. The van der Waals surface area contributed by atoms with Crippen LogP contribution in [0.1, 0.15) is 15.9 Å². The summed E-state index contributed by atoms with van der Waals surface area (Å²) in [7, 11) is 0. The number of carbonyl (C=O) groups is 1. The Bertz CT molecular complexity index is 797. The predicted molar refractivity (Wildman–Crippen MR) is 77.3 cm³/mol. The van der Waals surface area contributed by atoms with Crippen LogP contribution in [0.4, 0.5) is 4.39 Å². The minimum atomic E-state index is -0.330. The Balaban J connectivity index is 1.93. The molecule has 0 aliphatic heterocycles. The number of nitrogens with zero attached hydrogens (tertiary/aromatic N) is 2. The second-order valence-corrected chi connectivity index (χ2v) is 5.28. The first kappa shape index (κ1) is 13.0. The number of hydrogen-bond acceptors (Lipinski definition) is 2. The Morgan fingerprint density at radius 2 is 2.15 bits per heavy atom. The number of hydrogen-bond donors (Lipinski definition) is 0. The standard InChI is InChI=1S/C15H10BrFN2O/c16-13-8-11(17)5-4-10(13)7-15(20)12-9-18-19-6-2-1-3-14(12)19/h1-6,8-9H,7H2. The lowest BCUT2D eigenvalue weighted by molar-refractivity contribution is 0.0994. The van der Waals surface area contributed by atoms with Gasteiger partial charge in [0.05, 0.1) is 17.3 Å². The molecule has 0 amide bonds. The minimum absolute atomic E-state index is 0.0430. The van der Waals surface area contributed by atoms with Crippen molar-refractivity contribution in [2.24, 2.45) is 0 Å². The van der Waals surface area contributed by atoms with Crippen molar-refractivity contribution in [1.82, 2.24) is 9.61 Å². The van der Waals surface area contributed by atoms with Crippen LogP contribution in [0.5, 0.6) is 0 Å². The van der Waals surface area contributed by atoms with Crippen molar-refractivity contribution in [3.05, 3.63) is 70.2 Å². The van der Waals surface area contributed by atoms with E-state index in [2.05, 4.69) is 21.0 Å². The number of fused-ring (bicyclic) bond motifs is 1. The van der Waals surface area contributed by atoms with Gasteiger partial charge < -0.3 is 0 Å². The van der Waals surface area contributed by atoms with Gasteiger partial charge in [-0.15, -0.1) is 0 Å². The van der Waals surface area contributed by atoms with Crippen molar-refractivity contribution in [1.29, 1.82) is 0 Å². The number of ketones is 1. The quantitative estimate of drug-likeness (QED) is 0.686. The maximum atomic E-state index is 13.0. The normalized spacial score (nSPS) is 10.9. The Morgan fingerprint density at radius 3 is 2.95 bits per heavy atom. The Kier molecular flexibility index (Phi) is 3.36. The minimum Gasteiger partial charge on any atom is -0.294 e. The maximum absolute atomic E-state index is 13.0. The fourth-order valence-corrected chi connectivity index (χ4v) is 2.57. The summed E-state index contributed by atoms with van der Waals surface area (Å²) in [6.07, 6.45) is 3.56. The smallest absolute Gasteiger partial charge is 0.171 e. The number of benzene rings is 1. The summed E-state index contributed by atoms with van der Waals surface area (Å²) in [4.78, 5) is 12.4. The van der Waals surface area contributed by atoms with Crippen LogP contribution in [0, 0.1) is 5.82 Å². The highest BCUT2D eigenvalue weighted by atomic mass is 79.9. The molecule has 2 heterocycles.